The molecule has 0 bridgehead atoms. The Kier molecular flexibility index (Phi) is 6.93. The predicted octanol–water partition coefficient (Wildman–Crippen LogP) is 4.34. The molecule has 1 atom stereocenters. The summed E-state index contributed by atoms with van der Waals surface area (Å²) in [5.41, 5.74) is 1.98. The summed E-state index contributed by atoms with van der Waals surface area (Å²) in [6.07, 6.45) is -0.255. The van der Waals surface area contributed by atoms with Crippen LogP contribution in [0.3, 0.4) is 0 Å². The van der Waals surface area contributed by atoms with Crippen molar-refractivity contribution in [1.29, 1.82) is 0 Å². The van der Waals surface area contributed by atoms with E-state index < -0.39 is 5.60 Å². The van der Waals surface area contributed by atoms with E-state index in [4.69, 9.17) is 9.47 Å². The molecule has 2 aromatic carbocycles. The summed E-state index contributed by atoms with van der Waals surface area (Å²) in [6, 6.07) is 21.2. The molecule has 1 fully saturated rings. The summed E-state index contributed by atoms with van der Waals surface area (Å²) in [5.74, 6) is 0. The van der Waals surface area contributed by atoms with E-state index >= 15 is 0 Å². The highest BCUT2D eigenvalue weighted by atomic mass is 16.6. The van der Waals surface area contributed by atoms with E-state index in [-0.39, 0.29) is 18.2 Å². The van der Waals surface area contributed by atoms with Crippen LogP contribution in [0.5, 0.6) is 0 Å². The normalized spacial score (nSPS) is 18.1. The topological polar surface area (TPSA) is 42.0 Å². The van der Waals surface area contributed by atoms with Gasteiger partial charge in [0.15, 0.2) is 0 Å². The number of hydrogen-bond acceptors (Lipinski definition) is 4. The number of benzene rings is 2. The maximum Gasteiger partial charge on any atom is 0.410 e. The third-order valence-electron chi connectivity index (χ3n) is 5.10. The quantitative estimate of drug-likeness (QED) is 0.754. The molecule has 0 N–H and O–H groups in total. The van der Waals surface area contributed by atoms with Crippen molar-refractivity contribution in [1.82, 2.24) is 9.80 Å². The fourth-order valence-corrected chi connectivity index (χ4v) is 3.89. The van der Waals surface area contributed by atoms with Gasteiger partial charge in [0.05, 0.1) is 18.7 Å². The molecule has 156 valence electrons. The van der Waals surface area contributed by atoms with Gasteiger partial charge in [-0.15, -0.1) is 0 Å². The van der Waals surface area contributed by atoms with Crippen LogP contribution in [0, 0.1) is 0 Å². The zero-order valence-electron chi connectivity index (χ0n) is 17.9. The van der Waals surface area contributed by atoms with Gasteiger partial charge in [0.25, 0.3) is 0 Å². The highest BCUT2D eigenvalue weighted by molar-refractivity contribution is 5.68. The molecule has 1 heterocycles. The van der Waals surface area contributed by atoms with Gasteiger partial charge in [-0.3, -0.25) is 4.90 Å². The molecule has 5 heteroatoms. The molecule has 0 aliphatic carbocycles. The molecule has 0 aromatic heterocycles. The van der Waals surface area contributed by atoms with Gasteiger partial charge in [-0.1, -0.05) is 60.7 Å². The number of rotatable bonds is 5. The second-order valence-corrected chi connectivity index (χ2v) is 8.50. The average molecular weight is 397 g/mol. The van der Waals surface area contributed by atoms with Gasteiger partial charge in [-0.2, -0.15) is 0 Å². The van der Waals surface area contributed by atoms with E-state index in [1.54, 1.807) is 12.0 Å². The highest BCUT2D eigenvalue weighted by Crippen LogP contribution is 2.32. The zero-order chi connectivity index (χ0) is 20.9. The molecule has 1 amide bonds. The standard InChI is InChI=1S/C24H32N2O3/c1-24(2,3)29-23(27)25-15-16-26(21(17-25)18-28-4)22(19-11-7-5-8-12-19)20-13-9-6-10-14-20/h5-14,21-22H,15-18H2,1-4H3. The fourth-order valence-electron chi connectivity index (χ4n) is 3.89. The first-order valence-corrected chi connectivity index (χ1v) is 10.2. The monoisotopic (exact) mass is 396 g/mol. The van der Waals surface area contributed by atoms with E-state index in [0.29, 0.717) is 19.7 Å². The number of amides is 1. The van der Waals surface area contributed by atoms with E-state index in [2.05, 4.69) is 53.4 Å². The van der Waals surface area contributed by atoms with Gasteiger partial charge in [0.2, 0.25) is 0 Å². The molecule has 1 aliphatic heterocycles. The SMILES string of the molecule is COCC1CN(C(=O)OC(C)(C)C)CCN1C(c1ccccc1)c1ccccc1. The largest absolute Gasteiger partial charge is 0.444 e. The van der Waals surface area contributed by atoms with Crippen molar-refractivity contribution in [2.45, 2.75) is 38.5 Å². The molecular formula is C24H32N2O3. The number of methoxy groups -OCH3 is 1. The lowest BCUT2D eigenvalue weighted by Crippen LogP contribution is -2.57. The number of carbonyl (C=O) groups is 1. The van der Waals surface area contributed by atoms with Crippen molar-refractivity contribution in [3.8, 4) is 0 Å². The fraction of sp³-hybridized carbons (Fsp3) is 0.458. The first kappa shape index (κ1) is 21.3. The minimum atomic E-state index is -0.498. The first-order valence-electron chi connectivity index (χ1n) is 10.2. The molecule has 0 saturated carbocycles. The third-order valence-corrected chi connectivity index (χ3v) is 5.10. The van der Waals surface area contributed by atoms with Crippen molar-refractivity contribution < 1.29 is 14.3 Å². The van der Waals surface area contributed by atoms with Crippen molar-refractivity contribution >= 4 is 6.09 Å². The summed E-state index contributed by atoms with van der Waals surface area (Å²) in [4.78, 5) is 16.9. The van der Waals surface area contributed by atoms with Crippen molar-refractivity contribution in [2.75, 3.05) is 33.4 Å². The summed E-state index contributed by atoms with van der Waals surface area (Å²) in [5, 5.41) is 0. The molecular weight excluding hydrogens is 364 g/mol. The Labute approximate surface area is 174 Å². The van der Waals surface area contributed by atoms with Crippen LogP contribution in [0.2, 0.25) is 0 Å². The zero-order valence-corrected chi connectivity index (χ0v) is 17.9. The average Bonchev–Trinajstić information content (AvgIpc) is 2.70. The van der Waals surface area contributed by atoms with Gasteiger partial charge in [-0.25, -0.2) is 4.79 Å². The second kappa shape index (κ2) is 9.42. The Balaban J connectivity index is 1.87. The molecule has 3 rings (SSSR count). The van der Waals surface area contributed by atoms with Crippen LogP contribution in [0.25, 0.3) is 0 Å². The molecule has 2 aromatic rings. The summed E-state index contributed by atoms with van der Waals surface area (Å²) in [6.45, 7) is 8.21. The van der Waals surface area contributed by atoms with Gasteiger partial charge >= 0.3 is 6.09 Å². The molecule has 5 nitrogen and oxygen atoms in total. The molecule has 1 aliphatic rings. The van der Waals surface area contributed by atoms with Crippen LogP contribution in [0.1, 0.15) is 37.9 Å². The summed E-state index contributed by atoms with van der Waals surface area (Å²) < 4.78 is 11.1. The van der Waals surface area contributed by atoms with Gasteiger partial charge in [-0.05, 0) is 31.9 Å². The van der Waals surface area contributed by atoms with Crippen LogP contribution >= 0.6 is 0 Å². The lowest BCUT2D eigenvalue weighted by Gasteiger charge is -2.45. The Morgan fingerprint density at radius 3 is 2.03 bits per heavy atom. The van der Waals surface area contributed by atoms with Crippen molar-refractivity contribution in [3.05, 3.63) is 71.8 Å². The minimum Gasteiger partial charge on any atom is -0.444 e. The smallest absolute Gasteiger partial charge is 0.410 e. The Morgan fingerprint density at radius 1 is 1.00 bits per heavy atom. The van der Waals surface area contributed by atoms with Crippen molar-refractivity contribution in [2.24, 2.45) is 0 Å². The molecule has 1 saturated heterocycles. The molecule has 0 spiro atoms. The Morgan fingerprint density at radius 2 is 1.55 bits per heavy atom. The number of nitrogens with zero attached hydrogens (tertiary/aromatic N) is 2. The van der Waals surface area contributed by atoms with Crippen LogP contribution in [0.4, 0.5) is 4.79 Å². The van der Waals surface area contributed by atoms with Gasteiger partial charge in [0.1, 0.15) is 5.60 Å². The maximum absolute atomic E-state index is 12.6. The number of piperazine rings is 1. The predicted molar refractivity (Wildman–Crippen MR) is 115 cm³/mol. The Hall–Kier alpha value is -2.37. The second-order valence-electron chi connectivity index (χ2n) is 8.50. The first-order chi connectivity index (χ1) is 13.9. The number of ether oxygens (including phenoxy) is 2. The van der Waals surface area contributed by atoms with E-state index in [1.165, 1.54) is 11.1 Å². The molecule has 0 radical (unpaired) electrons. The van der Waals surface area contributed by atoms with Gasteiger partial charge in [0, 0.05) is 26.7 Å². The lowest BCUT2D eigenvalue weighted by molar-refractivity contribution is -0.0166. The molecule has 1 unspecified atom stereocenters. The summed E-state index contributed by atoms with van der Waals surface area (Å²) >= 11 is 0. The van der Waals surface area contributed by atoms with Crippen LogP contribution in [0.15, 0.2) is 60.7 Å². The van der Waals surface area contributed by atoms with E-state index in [9.17, 15) is 4.79 Å². The highest BCUT2D eigenvalue weighted by Gasteiger charge is 2.36. The van der Waals surface area contributed by atoms with E-state index in [0.717, 1.165) is 6.54 Å². The van der Waals surface area contributed by atoms with Crippen molar-refractivity contribution in [3.63, 3.8) is 0 Å². The third kappa shape index (κ3) is 5.58. The number of carbonyl (C=O) groups excluding carboxylic acids is 1. The van der Waals surface area contributed by atoms with Gasteiger partial charge < -0.3 is 14.4 Å². The number of hydrogen-bond donors (Lipinski definition) is 0. The summed E-state index contributed by atoms with van der Waals surface area (Å²) in [7, 11) is 1.71. The lowest BCUT2D eigenvalue weighted by atomic mass is 9.94. The molecule has 29 heavy (non-hydrogen) atoms. The van der Waals surface area contributed by atoms with Crippen LogP contribution in [-0.2, 0) is 9.47 Å². The Bertz CT molecular complexity index is 734. The maximum atomic E-state index is 12.6. The van der Waals surface area contributed by atoms with Crippen LogP contribution in [-0.4, -0.2) is 60.9 Å². The van der Waals surface area contributed by atoms with E-state index in [1.807, 2.05) is 32.9 Å². The van der Waals surface area contributed by atoms with Crippen LogP contribution < -0.4 is 0 Å². The minimum absolute atomic E-state index is 0.0756.